The highest BCUT2D eigenvalue weighted by Gasteiger charge is 2.15. The van der Waals surface area contributed by atoms with Crippen LogP contribution < -0.4 is 16.2 Å². The van der Waals surface area contributed by atoms with Crippen LogP contribution in [0.25, 0.3) is 21.0 Å². The van der Waals surface area contributed by atoms with Gasteiger partial charge in [0.25, 0.3) is 0 Å². The molecule has 0 atom stereocenters. The first-order valence-corrected chi connectivity index (χ1v) is 9.55. The molecule has 6 nitrogen and oxygen atoms in total. The number of amides is 1. The van der Waals surface area contributed by atoms with Gasteiger partial charge in [0.15, 0.2) is 21.6 Å². The highest BCUT2D eigenvalue weighted by atomic mass is 32.1. The van der Waals surface area contributed by atoms with E-state index >= 15 is 0 Å². The molecular formula is C18H20N4O2S2. The first-order valence-electron chi connectivity index (χ1n) is 8.33. The molecule has 0 saturated carbocycles. The third-order valence-corrected chi connectivity index (χ3v) is 4.93. The minimum Gasteiger partial charge on any atom is -0.448 e. The molecule has 0 aliphatic carbocycles. The van der Waals surface area contributed by atoms with Gasteiger partial charge in [0.1, 0.15) is 0 Å². The molecule has 8 heteroatoms. The van der Waals surface area contributed by atoms with E-state index in [-0.39, 0.29) is 5.76 Å². The lowest BCUT2D eigenvalue weighted by molar-refractivity contribution is 0.0916. The number of nitrogens with one attached hydrogen (secondary N) is 3. The highest BCUT2D eigenvalue weighted by Crippen LogP contribution is 2.30. The van der Waals surface area contributed by atoms with Gasteiger partial charge in [0.2, 0.25) is 0 Å². The van der Waals surface area contributed by atoms with E-state index in [0.717, 1.165) is 28.2 Å². The molecule has 2 aromatic heterocycles. The average molecular weight is 389 g/mol. The van der Waals surface area contributed by atoms with Crippen LogP contribution in [0.4, 0.5) is 0 Å². The molecule has 3 N–H and O–H groups in total. The first-order chi connectivity index (χ1) is 12.5. The quantitative estimate of drug-likeness (QED) is 0.457. The van der Waals surface area contributed by atoms with Gasteiger partial charge < -0.3 is 9.73 Å². The number of hydrazine groups is 1. The van der Waals surface area contributed by atoms with Crippen molar-refractivity contribution in [3.63, 3.8) is 0 Å². The number of para-hydroxylation sites is 1. The van der Waals surface area contributed by atoms with Crippen molar-refractivity contribution >= 4 is 44.8 Å². The Morgan fingerprint density at radius 3 is 2.81 bits per heavy atom. The normalized spacial score (nSPS) is 10.9. The molecule has 3 rings (SSSR count). The van der Waals surface area contributed by atoms with Crippen molar-refractivity contribution in [2.24, 2.45) is 5.92 Å². The molecule has 0 aliphatic rings. The second-order valence-electron chi connectivity index (χ2n) is 6.17. The lowest BCUT2D eigenvalue weighted by Gasteiger charge is -2.11. The minimum absolute atomic E-state index is 0.191. The zero-order valence-electron chi connectivity index (χ0n) is 14.5. The highest BCUT2D eigenvalue weighted by molar-refractivity contribution is 7.80. The number of nitrogens with zero attached hydrogens (tertiary/aromatic N) is 1. The van der Waals surface area contributed by atoms with Gasteiger partial charge in [0, 0.05) is 6.54 Å². The Labute approximate surface area is 161 Å². The van der Waals surface area contributed by atoms with Gasteiger partial charge in [-0.05, 0) is 48.8 Å². The zero-order valence-corrected chi connectivity index (χ0v) is 16.2. The van der Waals surface area contributed by atoms with Crippen LogP contribution in [0.1, 0.15) is 30.8 Å². The first kappa shape index (κ1) is 18.3. The van der Waals surface area contributed by atoms with Crippen LogP contribution in [0.15, 0.2) is 40.8 Å². The number of carbonyl (C=O) groups excluding carboxylic acids is 1. The summed E-state index contributed by atoms with van der Waals surface area (Å²) < 4.78 is 6.71. The number of aromatic nitrogens is 1. The number of hydrogen-bond donors (Lipinski definition) is 3. The van der Waals surface area contributed by atoms with E-state index in [4.69, 9.17) is 16.6 Å². The third-order valence-electron chi connectivity index (χ3n) is 3.63. The molecule has 2 heterocycles. The van der Waals surface area contributed by atoms with Crippen LogP contribution in [0, 0.1) is 5.92 Å². The van der Waals surface area contributed by atoms with Gasteiger partial charge in [-0.25, -0.2) is 4.98 Å². The fraction of sp³-hybridized carbons (Fsp3) is 0.278. The lowest BCUT2D eigenvalue weighted by atomic mass is 10.1. The monoisotopic (exact) mass is 388 g/mol. The summed E-state index contributed by atoms with van der Waals surface area (Å²) in [5.74, 6) is 0.944. The molecule has 3 aromatic rings. The van der Waals surface area contributed by atoms with Gasteiger partial charge in [0.05, 0.1) is 10.2 Å². The predicted molar refractivity (Wildman–Crippen MR) is 108 cm³/mol. The van der Waals surface area contributed by atoms with Crippen LogP contribution in [-0.4, -0.2) is 22.5 Å². The number of thiocarbonyl (C=S) groups is 1. The van der Waals surface area contributed by atoms with E-state index < -0.39 is 5.91 Å². The third kappa shape index (κ3) is 4.59. The maximum atomic E-state index is 12.2. The summed E-state index contributed by atoms with van der Waals surface area (Å²) in [7, 11) is 0. The maximum absolute atomic E-state index is 12.2. The van der Waals surface area contributed by atoms with E-state index in [1.807, 2.05) is 24.3 Å². The number of hydrogen-bond acceptors (Lipinski definition) is 5. The smallest absolute Gasteiger partial charge is 0.305 e. The molecule has 0 fully saturated rings. The van der Waals surface area contributed by atoms with Crippen molar-refractivity contribution in [1.29, 1.82) is 0 Å². The summed E-state index contributed by atoms with van der Waals surface area (Å²) in [4.78, 5) is 16.7. The Balaban J connectivity index is 1.57. The fourth-order valence-electron chi connectivity index (χ4n) is 2.25. The Bertz CT molecular complexity index is 884. The van der Waals surface area contributed by atoms with Crippen molar-refractivity contribution in [1.82, 2.24) is 21.2 Å². The average Bonchev–Trinajstić information content (AvgIpc) is 3.25. The van der Waals surface area contributed by atoms with Gasteiger partial charge in [-0.2, -0.15) is 0 Å². The largest absolute Gasteiger partial charge is 0.448 e. The molecule has 0 spiro atoms. The topological polar surface area (TPSA) is 79.2 Å². The Morgan fingerprint density at radius 1 is 1.23 bits per heavy atom. The molecular weight excluding hydrogens is 368 g/mol. The van der Waals surface area contributed by atoms with Gasteiger partial charge in [-0.15, -0.1) is 11.3 Å². The number of thiazole rings is 1. The Kier molecular flexibility index (Phi) is 5.85. The van der Waals surface area contributed by atoms with Crippen LogP contribution >= 0.6 is 23.6 Å². The molecule has 0 bridgehead atoms. The van der Waals surface area contributed by atoms with E-state index in [1.54, 1.807) is 12.1 Å². The van der Waals surface area contributed by atoms with E-state index in [2.05, 4.69) is 35.0 Å². The number of furan rings is 1. The summed E-state index contributed by atoms with van der Waals surface area (Å²) in [5, 5.41) is 4.15. The van der Waals surface area contributed by atoms with Crippen LogP contribution in [0.3, 0.4) is 0 Å². The lowest BCUT2D eigenvalue weighted by Crippen LogP contribution is -2.47. The molecule has 0 saturated heterocycles. The number of benzene rings is 1. The molecule has 0 aliphatic heterocycles. The van der Waals surface area contributed by atoms with Gasteiger partial charge in [-0.3, -0.25) is 15.6 Å². The molecule has 26 heavy (non-hydrogen) atoms. The summed E-state index contributed by atoms with van der Waals surface area (Å²) in [5.41, 5.74) is 6.11. The Hall–Kier alpha value is -2.45. The Morgan fingerprint density at radius 2 is 2.04 bits per heavy atom. The number of fused-ring (bicyclic) bond motifs is 1. The van der Waals surface area contributed by atoms with Crippen LogP contribution in [0.5, 0.6) is 0 Å². The van der Waals surface area contributed by atoms with E-state index in [1.165, 1.54) is 11.3 Å². The second kappa shape index (κ2) is 8.29. The maximum Gasteiger partial charge on any atom is 0.305 e. The van der Waals surface area contributed by atoms with Crippen molar-refractivity contribution in [3.05, 3.63) is 42.2 Å². The SMILES string of the molecule is CC(C)CCNC(=S)NNC(=O)c1ccc(-c2nc3ccccc3s2)o1. The summed E-state index contributed by atoms with van der Waals surface area (Å²) in [6.45, 7) is 5.03. The van der Waals surface area contributed by atoms with Crippen LogP contribution in [0.2, 0.25) is 0 Å². The molecule has 1 amide bonds. The number of carbonyl (C=O) groups is 1. The standard InChI is InChI=1S/C18H20N4O2S2/c1-11(2)9-10-19-18(25)22-21-16(23)13-7-8-14(24-13)17-20-12-5-3-4-6-15(12)26-17/h3-8,11H,9-10H2,1-2H3,(H,21,23)(H2,19,22,25). The zero-order chi connectivity index (χ0) is 18.5. The molecule has 1 aromatic carbocycles. The van der Waals surface area contributed by atoms with E-state index in [9.17, 15) is 4.79 Å². The fourth-order valence-corrected chi connectivity index (χ4v) is 3.33. The van der Waals surface area contributed by atoms with Crippen LogP contribution in [-0.2, 0) is 0 Å². The molecule has 0 unspecified atom stereocenters. The van der Waals surface area contributed by atoms with Crippen molar-refractivity contribution < 1.29 is 9.21 Å². The predicted octanol–water partition coefficient (Wildman–Crippen LogP) is 3.71. The summed E-state index contributed by atoms with van der Waals surface area (Å²) >= 11 is 6.64. The van der Waals surface area contributed by atoms with E-state index in [0.29, 0.717) is 16.8 Å². The van der Waals surface area contributed by atoms with Crippen molar-refractivity contribution in [3.8, 4) is 10.8 Å². The molecule has 0 radical (unpaired) electrons. The molecule has 136 valence electrons. The van der Waals surface area contributed by atoms with Gasteiger partial charge >= 0.3 is 5.91 Å². The summed E-state index contributed by atoms with van der Waals surface area (Å²) in [6, 6.07) is 11.2. The second-order valence-corrected chi connectivity index (χ2v) is 7.61. The minimum atomic E-state index is -0.398. The van der Waals surface area contributed by atoms with Crippen molar-refractivity contribution in [2.75, 3.05) is 6.54 Å². The summed E-state index contributed by atoms with van der Waals surface area (Å²) in [6.07, 6.45) is 0.999. The van der Waals surface area contributed by atoms with Crippen molar-refractivity contribution in [2.45, 2.75) is 20.3 Å². The van der Waals surface area contributed by atoms with Gasteiger partial charge in [-0.1, -0.05) is 26.0 Å². The number of rotatable bonds is 5.